The molecule has 0 saturated carbocycles. The second kappa shape index (κ2) is 5.01. The van der Waals surface area contributed by atoms with E-state index >= 15 is 0 Å². The molecule has 2 nitrogen and oxygen atoms in total. The van der Waals surface area contributed by atoms with Crippen LogP contribution in [-0.2, 0) is 4.74 Å². The van der Waals surface area contributed by atoms with Gasteiger partial charge in [0, 0.05) is 11.5 Å². The summed E-state index contributed by atoms with van der Waals surface area (Å²) in [5.41, 5.74) is 3.84. The van der Waals surface area contributed by atoms with Crippen LogP contribution in [0.2, 0.25) is 0 Å². The third kappa shape index (κ3) is 1.94. The zero-order chi connectivity index (χ0) is 14.3. The van der Waals surface area contributed by atoms with Gasteiger partial charge in [-0.3, -0.25) is 0 Å². The van der Waals surface area contributed by atoms with Gasteiger partial charge in [0.05, 0.1) is 12.5 Å². The molecule has 1 aromatic rings. The Balaban J connectivity index is 0.000000581. The lowest BCUT2D eigenvalue weighted by atomic mass is 9.78. The van der Waals surface area contributed by atoms with Crippen LogP contribution < -0.4 is 4.74 Å². The van der Waals surface area contributed by atoms with Gasteiger partial charge in [0.1, 0.15) is 17.6 Å². The minimum atomic E-state index is 0.146. The van der Waals surface area contributed by atoms with Crippen LogP contribution in [0.1, 0.15) is 37.8 Å². The molecule has 0 bridgehead atoms. The van der Waals surface area contributed by atoms with Crippen LogP contribution in [0.25, 0.3) is 0 Å². The van der Waals surface area contributed by atoms with Crippen molar-refractivity contribution >= 4 is 0 Å². The summed E-state index contributed by atoms with van der Waals surface area (Å²) in [6.07, 6.45) is 4.52. The molecule has 0 spiro atoms. The van der Waals surface area contributed by atoms with Gasteiger partial charge in [-0.25, -0.2) is 0 Å². The maximum absolute atomic E-state index is 6.14. The molecule has 0 radical (unpaired) electrons. The molecule has 3 aliphatic rings. The fraction of sp³-hybridized carbons (Fsp3) is 0.444. The Morgan fingerprint density at radius 1 is 1.15 bits per heavy atom. The highest BCUT2D eigenvalue weighted by Crippen LogP contribution is 2.50. The Labute approximate surface area is 121 Å². The molecule has 1 aliphatic carbocycles. The van der Waals surface area contributed by atoms with Gasteiger partial charge in [-0.05, 0) is 37.6 Å². The third-order valence-corrected chi connectivity index (χ3v) is 4.17. The molecule has 3 unspecified atom stereocenters. The van der Waals surface area contributed by atoms with E-state index in [1.807, 2.05) is 13.8 Å². The summed E-state index contributed by atoms with van der Waals surface area (Å²) in [7, 11) is 0. The maximum Gasteiger partial charge on any atom is 0.128 e. The average molecular weight is 270 g/mol. The minimum absolute atomic E-state index is 0.146. The van der Waals surface area contributed by atoms with E-state index in [4.69, 9.17) is 9.47 Å². The van der Waals surface area contributed by atoms with E-state index in [1.54, 1.807) is 0 Å². The number of hydrogen-bond acceptors (Lipinski definition) is 2. The van der Waals surface area contributed by atoms with Crippen LogP contribution in [0.5, 0.6) is 5.75 Å². The Morgan fingerprint density at radius 3 is 2.75 bits per heavy atom. The van der Waals surface area contributed by atoms with E-state index < -0.39 is 0 Å². The largest absolute Gasteiger partial charge is 0.497 e. The van der Waals surface area contributed by atoms with Crippen LogP contribution in [-0.4, -0.2) is 12.7 Å². The van der Waals surface area contributed by atoms with Crippen LogP contribution in [0.3, 0.4) is 0 Å². The molecule has 1 saturated heterocycles. The predicted octanol–water partition coefficient (Wildman–Crippen LogP) is 4.36. The second-order valence-corrected chi connectivity index (χ2v) is 5.52. The summed E-state index contributed by atoms with van der Waals surface area (Å²) in [6.45, 7) is 9.02. The number of allylic oxidation sites excluding steroid dienone is 2. The normalized spacial score (nSPS) is 28.7. The van der Waals surface area contributed by atoms with Gasteiger partial charge in [0.15, 0.2) is 0 Å². The molecule has 0 amide bonds. The molecule has 106 valence electrons. The number of fused-ring (bicyclic) bond motifs is 2. The highest BCUT2D eigenvalue weighted by atomic mass is 16.5. The molecule has 20 heavy (non-hydrogen) atoms. The third-order valence-electron chi connectivity index (χ3n) is 4.17. The first-order chi connectivity index (χ1) is 9.72. The monoisotopic (exact) mass is 270 g/mol. The average Bonchev–Trinajstić information content (AvgIpc) is 2.87. The van der Waals surface area contributed by atoms with Crippen molar-refractivity contribution in [2.24, 2.45) is 5.92 Å². The van der Waals surface area contributed by atoms with Crippen molar-refractivity contribution in [2.75, 3.05) is 6.61 Å². The summed E-state index contributed by atoms with van der Waals surface area (Å²) in [4.78, 5) is 0. The lowest BCUT2D eigenvalue weighted by Crippen LogP contribution is -2.35. The molecule has 2 heteroatoms. The summed E-state index contributed by atoms with van der Waals surface area (Å²) in [6, 6.07) is 6.46. The van der Waals surface area contributed by atoms with Crippen molar-refractivity contribution in [3.8, 4) is 5.75 Å². The molecule has 0 N–H and O–H groups in total. The van der Waals surface area contributed by atoms with E-state index in [-0.39, 0.29) is 6.10 Å². The Hall–Kier alpha value is -1.70. The van der Waals surface area contributed by atoms with Crippen molar-refractivity contribution < 1.29 is 9.47 Å². The molecule has 4 rings (SSSR count). The number of aryl methyl sites for hydroxylation is 1. The zero-order valence-electron chi connectivity index (χ0n) is 12.6. The van der Waals surface area contributed by atoms with Gasteiger partial charge in [-0.1, -0.05) is 31.5 Å². The van der Waals surface area contributed by atoms with Crippen molar-refractivity contribution in [3.63, 3.8) is 0 Å². The summed E-state index contributed by atoms with van der Waals surface area (Å²) in [5, 5.41) is 0. The SMILES string of the molecule is CC.CC1=CC2Oc3ccc(C)cc3C3COC(=C1)C23. The van der Waals surface area contributed by atoms with Crippen molar-refractivity contribution in [1.82, 2.24) is 0 Å². The molecule has 2 heterocycles. The first kappa shape index (κ1) is 13.3. The van der Waals surface area contributed by atoms with Crippen molar-refractivity contribution in [2.45, 2.75) is 39.7 Å². The molecule has 3 atom stereocenters. The predicted molar refractivity (Wildman–Crippen MR) is 81.0 cm³/mol. The smallest absolute Gasteiger partial charge is 0.128 e. The lowest BCUT2D eigenvalue weighted by molar-refractivity contribution is 0.159. The molecular weight excluding hydrogens is 248 g/mol. The van der Waals surface area contributed by atoms with E-state index in [1.165, 1.54) is 16.7 Å². The molecular formula is C18H22O2. The number of benzene rings is 1. The van der Waals surface area contributed by atoms with Gasteiger partial charge in [-0.2, -0.15) is 0 Å². The van der Waals surface area contributed by atoms with Gasteiger partial charge >= 0.3 is 0 Å². The standard InChI is InChI=1S/C16H16O2.C2H6/c1-9-3-4-13-11(5-9)12-8-17-14-6-10(2)7-15(18-13)16(12)14;1-2/h3-7,12,15-16H,8H2,1-2H3;1-2H3. The fourth-order valence-corrected chi connectivity index (χ4v) is 3.35. The molecule has 0 aromatic heterocycles. The first-order valence-electron chi connectivity index (χ1n) is 7.52. The van der Waals surface area contributed by atoms with Crippen LogP contribution >= 0.6 is 0 Å². The number of hydrogen-bond donors (Lipinski definition) is 0. The quantitative estimate of drug-likeness (QED) is 0.697. The number of ether oxygens (including phenoxy) is 2. The van der Waals surface area contributed by atoms with E-state index in [9.17, 15) is 0 Å². The van der Waals surface area contributed by atoms with E-state index in [0.29, 0.717) is 11.8 Å². The Kier molecular flexibility index (Phi) is 3.33. The molecule has 1 fully saturated rings. The van der Waals surface area contributed by atoms with Gasteiger partial charge in [0.25, 0.3) is 0 Å². The lowest BCUT2D eigenvalue weighted by Gasteiger charge is -2.35. The first-order valence-corrected chi connectivity index (χ1v) is 7.52. The molecule has 2 aliphatic heterocycles. The van der Waals surface area contributed by atoms with Crippen molar-refractivity contribution in [3.05, 3.63) is 52.8 Å². The summed E-state index contributed by atoms with van der Waals surface area (Å²) < 4.78 is 12.0. The fourth-order valence-electron chi connectivity index (χ4n) is 3.35. The topological polar surface area (TPSA) is 18.5 Å². The minimum Gasteiger partial charge on any atom is -0.497 e. The molecule has 1 aromatic carbocycles. The zero-order valence-corrected chi connectivity index (χ0v) is 12.6. The summed E-state index contributed by atoms with van der Waals surface area (Å²) >= 11 is 0. The maximum atomic E-state index is 6.14. The summed E-state index contributed by atoms with van der Waals surface area (Å²) in [5.74, 6) is 2.97. The van der Waals surface area contributed by atoms with Crippen LogP contribution in [0.15, 0.2) is 41.7 Å². The van der Waals surface area contributed by atoms with Crippen LogP contribution in [0, 0.1) is 12.8 Å². The highest BCUT2D eigenvalue weighted by Gasteiger charge is 2.46. The number of rotatable bonds is 0. The van der Waals surface area contributed by atoms with E-state index in [0.717, 1.165) is 18.1 Å². The Morgan fingerprint density at radius 2 is 1.95 bits per heavy atom. The second-order valence-electron chi connectivity index (χ2n) is 5.52. The van der Waals surface area contributed by atoms with Gasteiger partial charge in [0.2, 0.25) is 0 Å². The van der Waals surface area contributed by atoms with Crippen molar-refractivity contribution in [1.29, 1.82) is 0 Å². The van der Waals surface area contributed by atoms with Crippen LogP contribution in [0.4, 0.5) is 0 Å². The van der Waals surface area contributed by atoms with E-state index in [2.05, 4.69) is 44.2 Å². The highest BCUT2D eigenvalue weighted by molar-refractivity contribution is 5.47. The van der Waals surface area contributed by atoms with Gasteiger partial charge < -0.3 is 9.47 Å². The van der Waals surface area contributed by atoms with Gasteiger partial charge in [-0.15, -0.1) is 0 Å². The Bertz CT molecular complexity index is 583.